The van der Waals surface area contributed by atoms with Crippen LogP contribution in [0.15, 0.2) is 12.1 Å². The van der Waals surface area contributed by atoms with E-state index >= 15 is 0 Å². The maximum Gasteiger partial charge on any atom is 0.305 e. The summed E-state index contributed by atoms with van der Waals surface area (Å²) in [5.74, 6) is -1.53. The zero-order valence-electron chi connectivity index (χ0n) is 11.8. The molecule has 1 amide bonds. The van der Waals surface area contributed by atoms with E-state index in [1.807, 2.05) is 0 Å². The van der Waals surface area contributed by atoms with Gasteiger partial charge in [-0.1, -0.05) is 0 Å². The highest BCUT2D eigenvalue weighted by Gasteiger charge is 2.40. The SMILES string of the molecule is O=C(O)CC1(NC(=O)c2cc([N+](=O)[O-])c3nsnc3c2)CCC1. The highest BCUT2D eigenvalue weighted by atomic mass is 32.1. The fourth-order valence-electron chi connectivity index (χ4n) is 2.69. The van der Waals surface area contributed by atoms with Crippen LogP contribution in [0.4, 0.5) is 5.69 Å². The minimum absolute atomic E-state index is 0.0774. The number of nitro groups is 1. The lowest BCUT2D eigenvalue weighted by molar-refractivity contribution is -0.383. The first kappa shape index (κ1) is 15.3. The van der Waals surface area contributed by atoms with Gasteiger partial charge in [0.05, 0.1) is 28.6 Å². The first-order chi connectivity index (χ1) is 10.9. The van der Waals surface area contributed by atoms with Crippen LogP contribution >= 0.6 is 11.7 Å². The Bertz CT molecular complexity index is 814. The Hall–Kier alpha value is -2.62. The van der Waals surface area contributed by atoms with Gasteiger partial charge in [-0.15, -0.1) is 0 Å². The first-order valence-electron chi connectivity index (χ1n) is 6.85. The minimum Gasteiger partial charge on any atom is -0.481 e. The molecule has 1 aliphatic carbocycles. The Balaban J connectivity index is 1.92. The number of amides is 1. The summed E-state index contributed by atoms with van der Waals surface area (Å²) in [6.45, 7) is 0. The molecule has 1 heterocycles. The van der Waals surface area contributed by atoms with E-state index in [0.29, 0.717) is 12.8 Å². The summed E-state index contributed by atoms with van der Waals surface area (Å²) in [5.41, 5.74) is -0.570. The summed E-state index contributed by atoms with van der Waals surface area (Å²) in [6.07, 6.45) is 1.82. The number of carbonyl (C=O) groups excluding carboxylic acids is 1. The van der Waals surface area contributed by atoms with E-state index in [1.54, 1.807) is 0 Å². The molecule has 0 bridgehead atoms. The molecule has 1 aromatic heterocycles. The van der Waals surface area contributed by atoms with E-state index in [4.69, 9.17) is 5.11 Å². The highest BCUT2D eigenvalue weighted by Crippen LogP contribution is 2.35. The van der Waals surface area contributed by atoms with E-state index in [-0.39, 0.29) is 28.7 Å². The second-order valence-electron chi connectivity index (χ2n) is 5.54. The highest BCUT2D eigenvalue weighted by molar-refractivity contribution is 7.00. The van der Waals surface area contributed by atoms with Crippen molar-refractivity contribution in [3.05, 3.63) is 27.8 Å². The molecule has 1 aromatic carbocycles. The molecule has 23 heavy (non-hydrogen) atoms. The lowest BCUT2D eigenvalue weighted by Gasteiger charge is -2.41. The summed E-state index contributed by atoms with van der Waals surface area (Å²) in [4.78, 5) is 33.9. The average molecular weight is 336 g/mol. The van der Waals surface area contributed by atoms with Gasteiger partial charge in [0.15, 0.2) is 5.52 Å². The Labute approximate surface area is 133 Å². The summed E-state index contributed by atoms with van der Waals surface area (Å²) < 4.78 is 7.80. The van der Waals surface area contributed by atoms with Gasteiger partial charge in [0.2, 0.25) is 0 Å². The number of aliphatic carboxylic acids is 1. The van der Waals surface area contributed by atoms with Crippen LogP contribution in [-0.2, 0) is 4.79 Å². The number of hydrogen-bond acceptors (Lipinski definition) is 7. The molecule has 0 atom stereocenters. The molecule has 0 radical (unpaired) electrons. The molecule has 0 saturated heterocycles. The molecule has 1 fully saturated rings. The first-order valence-corrected chi connectivity index (χ1v) is 7.58. The van der Waals surface area contributed by atoms with Crippen molar-refractivity contribution in [2.24, 2.45) is 0 Å². The zero-order chi connectivity index (χ0) is 16.6. The van der Waals surface area contributed by atoms with Crippen LogP contribution in [0.3, 0.4) is 0 Å². The fraction of sp³-hybridized carbons (Fsp3) is 0.385. The zero-order valence-corrected chi connectivity index (χ0v) is 12.6. The molecule has 0 unspecified atom stereocenters. The standard InChI is InChI=1S/C13H12N4O5S/c18-10(19)6-13(2-1-3-13)14-12(20)7-4-8-11(16-23-15-8)9(5-7)17(21)22/h4-5H,1-3,6H2,(H,14,20)(H,18,19). The second kappa shape index (κ2) is 5.54. The van der Waals surface area contributed by atoms with Crippen molar-refractivity contribution in [2.45, 2.75) is 31.2 Å². The van der Waals surface area contributed by atoms with Crippen molar-refractivity contribution < 1.29 is 19.6 Å². The van der Waals surface area contributed by atoms with E-state index in [9.17, 15) is 19.7 Å². The van der Waals surface area contributed by atoms with Crippen molar-refractivity contribution in [1.82, 2.24) is 14.1 Å². The van der Waals surface area contributed by atoms with Gasteiger partial charge in [0.1, 0.15) is 5.52 Å². The van der Waals surface area contributed by atoms with Gasteiger partial charge in [-0.3, -0.25) is 19.7 Å². The molecule has 0 spiro atoms. The number of nitro benzene ring substituents is 1. The van der Waals surface area contributed by atoms with E-state index < -0.39 is 22.3 Å². The van der Waals surface area contributed by atoms with Gasteiger partial charge in [0.25, 0.3) is 11.6 Å². The maximum atomic E-state index is 12.4. The van der Waals surface area contributed by atoms with Crippen LogP contribution in [0.5, 0.6) is 0 Å². The molecule has 2 N–H and O–H groups in total. The van der Waals surface area contributed by atoms with Gasteiger partial charge in [-0.05, 0) is 25.3 Å². The molecule has 10 heteroatoms. The minimum atomic E-state index is -0.991. The van der Waals surface area contributed by atoms with Crippen LogP contribution in [0.2, 0.25) is 0 Å². The number of non-ortho nitro benzene ring substituents is 1. The largest absolute Gasteiger partial charge is 0.481 e. The number of carboxylic acid groups (broad SMARTS) is 1. The molecule has 2 aromatic rings. The monoisotopic (exact) mass is 336 g/mol. The van der Waals surface area contributed by atoms with E-state index in [1.165, 1.54) is 6.07 Å². The lowest BCUT2D eigenvalue weighted by Crippen LogP contribution is -2.54. The smallest absolute Gasteiger partial charge is 0.305 e. The quantitative estimate of drug-likeness (QED) is 0.627. The van der Waals surface area contributed by atoms with E-state index in [0.717, 1.165) is 24.2 Å². The van der Waals surface area contributed by atoms with Crippen molar-refractivity contribution in [2.75, 3.05) is 0 Å². The van der Waals surface area contributed by atoms with Crippen LogP contribution in [0.1, 0.15) is 36.0 Å². The lowest BCUT2D eigenvalue weighted by atomic mass is 9.74. The van der Waals surface area contributed by atoms with Gasteiger partial charge in [0, 0.05) is 11.6 Å². The van der Waals surface area contributed by atoms with Crippen LogP contribution in [0.25, 0.3) is 11.0 Å². The number of aromatic nitrogens is 2. The Morgan fingerprint density at radius 2 is 2.13 bits per heavy atom. The summed E-state index contributed by atoms with van der Waals surface area (Å²) in [7, 11) is 0. The van der Waals surface area contributed by atoms with Crippen LogP contribution in [0, 0.1) is 10.1 Å². The topological polar surface area (TPSA) is 135 Å². The van der Waals surface area contributed by atoms with Gasteiger partial charge in [-0.25, -0.2) is 0 Å². The molecule has 9 nitrogen and oxygen atoms in total. The molecule has 1 saturated carbocycles. The summed E-state index contributed by atoms with van der Waals surface area (Å²) >= 11 is 0.828. The molecular formula is C13H12N4O5S. The second-order valence-corrected chi connectivity index (χ2v) is 6.07. The molecule has 0 aliphatic heterocycles. The number of rotatable bonds is 5. The van der Waals surface area contributed by atoms with Crippen molar-refractivity contribution in [1.29, 1.82) is 0 Å². The number of nitrogens with zero attached hydrogens (tertiary/aromatic N) is 3. The number of benzene rings is 1. The van der Waals surface area contributed by atoms with Crippen LogP contribution in [-0.4, -0.2) is 36.2 Å². The van der Waals surface area contributed by atoms with Gasteiger partial charge in [-0.2, -0.15) is 8.75 Å². The van der Waals surface area contributed by atoms with Crippen molar-refractivity contribution >= 4 is 40.3 Å². The van der Waals surface area contributed by atoms with E-state index in [2.05, 4.69) is 14.1 Å². The summed E-state index contributed by atoms with van der Waals surface area (Å²) in [5, 5.41) is 22.8. The fourth-order valence-corrected chi connectivity index (χ4v) is 3.23. The normalized spacial score (nSPS) is 15.8. The number of carbonyl (C=O) groups is 2. The molecular weight excluding hydrogens is 324 g/mol. The third kappa shape index (κ3) is 2.84. The number of carboxylic acids is 1. The molecule has 1 aliphatic rings. The van der Waals surface area contributed by atoms with Gasteiger partial charge >= 0.3 is 5.97 Å². The Kier molecular flexibility index (Phi) is 3.68. The van der Waals surface area contributed by atoms with Crippen molar-refractivity contribution in [3.63, 3.8) is 0 Å². The van der Waals surface area contributed by atoms with Crippen LogP contribution < -0.4 is 5.32 Å². The number of fused-ring (bicyclic) bond motifs is 1. The predicted octanol–water partition coefficient (Wildman–Crippen LogP) is 1.73. The third-order valence-corrected chi connectivity index (χ3v) is 4.52. The summed E-state index contributed by atoms with van der Waals surface area (Å²) in [6, 6.07) is 2.57. The molecule has 120 valence electrons. The number of hydrogen-bond donors (Lipinski definition) is 2. The predicted molar refractivity (Wildman–Crippen MR) is 80.4 cm³/mol. The third-order valence-electron chi connectivity index (χ3n) is 3.98. The van der Waals surface area contributed by atoms with Crippen molar-refractivity contribution in [3.8, 4) is 0 Å². The maximum absolute atomic E-state index is 12.4. The Morgan fingerprint density at radius 1 is 1.39 bits per heavy atom. The molecule has 3 rings (SSSR count). The van der Waals surface area contributed by atoms with Gasteiger partial charge < -0.3 is 10.4 Å². The Morgan fingerprint density at radius 3 is 2.70 bits per heavy atom. The number of nitrogens with one attached hydrogen (secondary N) is 1. The average Bonchev–Trinajstić information content (AvgIpc) is 2.91.